The number of non-ortho nitro benzene ring substituents is 1. The second kappa shape index (κ2) is 10.7. The number of esters is 1. The van der Waals surface area contributed by atoms with Crippen molar-refractivity contribution in [1.82, 2.24) is 0 Å². The summed E-state index contributed by atoms with van der Waals surface area (Å²) < 4.78 is 10.4. The van der Waals surface area contributed by atoms with Crippen LogP contribution in [0.5, 0.6) is 11.5 Å². The zero-order chi connectivity index (χ0) is 20.4. The average Bonchev–Trinajstić information content (AvgIpc) is 2.71. The molecule has 0 spiro atoms. The van der Waals surface area contributed by atoms with E-state index in [-0.39, 0.29) is 11.4 Å². The fourth-order valence-electron chi connectivity index (χ4n) is 2.54. The lowest BCUT2D eigenvalue weighted by molar-refractivity contribution is -0.384. The fourth-order valence-corrected chi connectivity index (χ4v) is 2.54. The SMILES string of the molecule is CCCC/C(=C/C=C/C(=O)Oc1ccc([N+](=O)[O-])cc1)c1cccc(OC)c1. The van der Waals surface area contributed by atoms with Gasteiger partial charge < -0.3 is 9.47 Å². The van der Waals surface area contributed by atoms with Crippen molar-refractivity contribution in [2.45, 2.75) is 26.2 Å². The molecule has 2 aromatic rings. The molecule has 6 nitrogen and oxygen atoms in total. The van der Waals surface area contributed by atoms with Crippen LogP contribution in [0, 0.1) is 10.1 Å². The van der Waals surface area contributed by atoms with E-state index in [2.05, 4.69) is 6.92 Å². The van der Waals surface area contributed by atoms with E-state index in [1.54, 1.807) is 13.2 Å². The Bertz CT molecular complexity index is 869. The van der Waals surface area contributed by atoms with E-state index >= 15 is 0 Å². The molecule has 0 bridgehead atoms. The molecule has 0 aliphatic rings. The van der Waals surface area contributed by atoms with Crippen LogP contribution in [0.25, 0.3) is 5.57 Å². The Kier molecular flexibility index (Phi) is 7.96. The van der Waals surface area contributed by atoms with Gasteiger partial charge in [-0.15, -0.1) is 0 Å². The summed E-state index contributed by atoms with van der Waals surface area (Å²) in [4.78, 5) is 22.1. The first-order valence-electron chi connectivity index (χ1n) is 9.01. The Morgan fingerprint density at radius 1 is 1.14 bits per heavy atom. The zero-order valence-corrected chi connectivity index (χ0v) is 16.0. The van der Waals surface area contributed by atoms with E-state index in [1.165, 1.54) is 30.3 Å². The van der Waals surface area contributed by atoms with Gasteiger partial charge in [-0.1, -0.05) is 37.6 Å². The van der Waals surface area contributed by atoms with Gasteiger partial charge in [-0.25, -0.2) is 4.79 Å². The maximum absolute atomic E-state index is 12.0. The van der Waals surface area contributed by atoms with E-state index in [0.29, 0.717) is 0 Å². The molecule has 0 aliphatic heterocycles. The maximum atomic E-state index is 12.0. The molecule has 0 atom stereocenters. The van der Waals surface area contributed by atoms with Crippen molar-refractivity contribution in [1.29, 1.82) is 0 Å². The van der Waals surface area contributed by atoms with Gasteiger partial charge in [0.25, 0.3) is 5.69 Å². The highest BCUT2D eigenvalue weighted by Gasteiger charge is 2.06. The van der Waals surface area contributed by atoms with Gasteiger partial charge >= 0.3 is 5.97 Å². The van der Waals surface area contributed by atoms with Gasteiger partial charge in [-0.2, -0.15) is 0 Å². The molecule has 28 heavy (non-hydrogen) atoms. The molecule has 2 rings (SSSR count). The summed E-state index contributed by atoms with van der Waals surface area (Å²) in [5.41, 5.74) is 2.08. The number of unbranched alkanes of at least 4 members (excludes halogenated alkanes) is 1. The number of hydrogen-bond donors (Lipinski definition) is 0. The van der Waals surface area contributed by atoms with E-state index in [0.717, 1.165) is 36.1 Å². The van der Waals surface area contributed by atoms with E-state index in [4.69, 9.17) is 9.47 Å². The monoisotopic (exact) mass is 381 g/mol. The Morgan fingerprint density at radius 3 is 2.54 bits per heavy atom. The predicted molar refractivity (Wildman–Crippen MR) is 108 cm³/mol. The van der Waals surface area contributed by atoms with Crippen LogP contribution in [-0.2, 0) is 4.79 Å². The molecule has 0 heterocycles. The number of carbonyl (C=O) groups is 1. The Balaban J connectivity index is 2.08. The Hall–Kier alpha value is -3.41. The van der Waals surface area contributed by atoms with Gasteiger partial charge in [0.05, 0.1) is 12.0 Å². The third-order valence-electron chi connectivity index (χ3n) is 4.04. The summed E-state index contributed by atoms with van der Waals surface area (Å²) in [6.45, 7) is 2.13. The first-order chi connectivity index (χ1) is 13.5. The summed E-state index contributed by atoms with van der Waals surface area (Å²) in [5.74, 6) is 0.482. The van der Waals surface area contributed by atoms with Gasteiger partial charge in [0.15, 0.2) is 0 Å². The van der Waals surface area contributed by atoms with Crippen molar-refractivity contribution in [2.24, 2.45) is 0 Å². The first-order valence-corrected chi connectivity index (χ1v) is 9.01. The first kappa shape index (κ1) is 20.9. The molecule has 0 N–H and O–H groups in total. The average molecular weight is 381 g/mol. The van der Waals surface area contributed by atoms with Crippen LogP contribution in [-0.4, -0.2) is 18.0 Å². The number of allylic oxidation sites excluding steroid dienone is 3. The topological polar surface area (TPSA) is 78.7 Å². The van der Waals surface area contributed by atoms with E-state index in [1.807, 2.05) is 30.3 Å². The molecule has 0 fully saturated rings. The molecule has 0 radical (unpaired) electrons. The molecule has 0 aromatic heterocycles. The quantitative estimate of drug-likeness (QED) is 0.146. The van der Waals surface area contributed by atoms with Crippen LogP contribution >= 0.6 is 0 Å². The number of nitrogens with zero attached hydrogens (tertiary/aromatic N) is 1. The molecule has 146 valence electrons. The number of hydrogen-bond acceptors (Lipinski definition) is 5. The van der Waals surface area contributed by atoms with E-state index in [9.17, 15) is 14.9 Å². The van der Waals surface area contributed by atoms with Crippen molar-refractivity contribution >= 4 is 17.2 Å². The predicted octanol–water partition coefficient (Wildman–Crippen LogP) is 5.34. The van der Waals surface area contributed by atoms with Crippen LogP contribution < -0.4 is 9.47 Å². The van der Waals surface area contributed by atoms with Crippen molar-refractivity contribution in [2.75, 3.05) is 7.11 Å². The minimum atomic E-state index is -0.550. The van der Waals surface area contributed by atoms with Gasteiger partial charge in [-0.3, -0.25) is 10.1 Å². The molecule has 6 heteroatoms. The third-order valence-corrected chi connectivity index (χ3v) is 4.04. The standard InChI is InChI=1S/C22H23NO5/c1-3-4-7-17(18-9-5-10-21(16-18)27-2)8-6-11-22(24)28-20-14-12-19(13-15-20)23(25)26/h5-6,8-16H,3-4,7H2,1-2H3/b11-6+,17-8-. The van der Waals surface area contributed by atoms with E-state index < -0.39 is 10.9 Å². The summed E-state index contributed by atoms with van der Waals surface area (Å²) >= 11 is 0. The van der Waals surface area contributed by atoms with Crippen molar-refractivity contribution in [3.05, 3.63) is 82.4 Å². The number of methoxy groups -OCH3 is 1. The van der Waals surface area contributed by atoms with Gasteiger partial charge in [0, 0.05) is 18.2 Å². The largest absolute Gasteiger partial charge is 0.497 e. The van der Waals surface area contributed by atoms with Crippen LogP contribution in [0.4, 0.5) is 5.69 Å². The van der Waals surface area contributed by atoms with Crippen molar-refractivity contribution in [3.63, 3.8) is 0 Å². The summed E-state index contributed by atoms with van der Waals surface area (Å²) in [5, 5.41) is 10.6. The lowest BCUT2D eigenvalue weighted by Gasteiger charge is -2.08. The lowest BCUT2D eigenvalue weighted by Crippen LogP contribution is -2.03. The number of carbonyl (C=O) groups excluding carboxylic acids is 1. The Morgan fingerprint density at radius 2 is 1.89 bits per heavy atom. The van der Waals surface area contributed by atoms with Crippen molar-refractivity contribution in [3.8, 4) is 11.5 Å². The molecule has 0 unspecified atom stereocenters. The lowest BCUT2D eigenvalue weighted by atomic mass is 9.99. The smallest absolute Gasteiger partial charge is 0.336 e. The minimum absolute atomic E-state index is 0.0582. The molecule has 2 aromatic carbocycles. The molecule has 0 saturated carbocycles. The van der Waals surface area contributed by atoms with Gasteiger partial charge in [0.1, 0.15) is 11.5 Å². The molecule has 0 saturated heterocycles. The highest BCUT2D eigenvalue weighted by Crippen LogP contribution is 2.24. The normalized spacial score (nSPS) is 11.4. The summed E-state index contributed by atoms with van der Waals surface area (Å²) in [7, 11) is 1.63. The highest BCUT2D eigenvalue weighted by molar-refractivity contribution is 5.85. The molecular weight excluding hydrogens is 358 g/mol. The van der Waals surface area contributed by atoms with Crippen LogP contribution in [0.1, 0.15) is 31.7 Å². The Labute approximate surface area is 164 Å². The number of rotatable bonds is 9. The summed E-state index contributed by atoms with van der Waals surface area (Å²) in [6, 6.07) is 13.2. The fraction of sp³-hybridized carbons (Fsp3) is 0.227. The van der Waals surface area contributed by atoms with Crippen molar-refractivity contribution < 1.29 is 19.2 Å². The molecule has 0 amide bonds. The molecule has 0 aliphatic carbocycles. The van der Waals surface area contributed by atoms with Gasteiger partial charge in [0.2, 0.25) is 0 Å². The third kappa shape index (κ3) is 6.39. The van der Waals surface area contributed by atoms with Gasteiger partial charge in [-0.05, 0) is 48.2 Å². The van der Waals surface area contributed by atoms with Crippen LogP contribution in [0.3, 0.4) is 0 Å². The second-order valence-electron chi connectivity index (χ2n) is 6.06. The number of ether oxygens (including phenoxy) is 2. The van der Waals surface area contributed by atoms with Crippen LogP contribution in [0.15, 0.2) is 66.8 Å². The summed E-state index contributed by atoms with van der Waals surface area (Å²) in [6.07, 6.45) is 7.84. The minimum Gasteiger partial charge on any atom is -0.497 e. The highest BCUT2D eigenvalue weighted by atomic mass is 16.6. The molecular formula is C22H23NO5. The second-order valence-corrected chi connectivity index (χ2v) is 6.06. The number of benzene rings is 2. The number of nitro groups is 1. The zero-order valence-electron chi connectivity index (χ0n) is 16.0. The number of nitro benzene ring substituents is 1. The van der Waals surface area contributed by atoms with Crippen LogP contribution in [0.2, 0.25) is 0 Å². The maximum Gasteiger partial charge on any atom is 0.336 e.